The minimum atomic E-state index is -0.194. The van der Waals surface area contributed by atoms with E-state index in [0.29, 0.717) is 6.42 Å². The summed E-state index contributed by atoms with van der Waals surface area (Å²) in [6.45, 7) is 0.740. The van der Waals surface area contributed by atoms with Gasteiger partial charge in [-0.05, 0) is 26.3 Å². The van der Waals surface area contributed by atoms with Gasteiger partial charge in [-0.3, -0.25) is 0 Å². The van der Waals surface area contributed by atoms with E-state index in [2.05, 4.69) is 5.32 Å². The van der Waals surface area contributed by atoms with E-state index in [0.717, 1.165) is 12.8 Å². The lowest BCUT2D eigenvalue weighted by atomic mass is 9.88. The van der Waals surface area contributed by atoms with Crippen LogP contribution in [0.25, 0.3) is 0 Å². The smallest absolute Gasteiger partial charge is 0.127 e. The van der Waals surface area contributed by atoms with Gasteiger partial charge in [-0.1, -0.05) is 0 Å². The van der Waals surface area contributed by atoms with E-state index in [-0.39, 0.29) is 24.4 Å². The van der Waals surface area contributed by atoms with Gasteiger partial charge in [0.05, 0.1) is 7.85 Å². The second-order valence-corrected chi connectivity index (χ2v) is 2.66. The Balaban J connectivity index is 3.84. The molecule has 0 aliphatic heterocycles. The zero-order chi connectivity index (χ0) is 9.40. The molecule has 0 aliphatic carbocycles. The lowest BCUT2D eigenvalue weighted by molar-refractivity contribution is -0.123. The van der Waals surface area contributed by atoms with Crippen molar-refractivity contribution in [1.29, 1.82) is 0 Å². The normalized spacial score (nSPS) is 12.4. The van der Waals surface area contributed by atoms with Crippen LogP contribution in [0.1, 0.15) is 12.8 Å². The average molecular weight is 167 g/mol. The van der Waals surface area contributed by atoms with Crippen molar-refractivity contribution in [3.05, 3.63) is 0 Å². The molecule has 1 unspecified atom stereocenters. The van der Waals surface area contributed by atoms with Gasteiger partial charge in [0.15, 0.2) is 0 Å². The summed E-state index contributed by atoms with van der Waals surface area (Å²) in [6, 6.07) is 0. The predicted octanol–water partition coefficient (Wildman–Crippen LogP) is -0.0430. The van der Waals surface area contributed by atoms with Crippen molar-refractivity contribution in [2.75, 3.05) is 13.6 Å². The summed E-state index contributed by atoms with van der Waals surface area (Å²) < 4.78 is 0. The molecule has 0 saturated carbocycles. The average Bonchev–Trinajstić information content (AvgIpc) is 2.11. The molecule has 0 saturated heterocycles. The van der Waals surface area contributed by atoms with Crippen LogP contribution in [0.3, 0.4) is 0 Å². The molecule has 0 fully saturated rings. The summed E-state index contributed by atoms with van der Waals surface area (Å²) in [5.41, 5.74) is 0. The third-order valence-corrected chi connectivity index (χ3v) is 1.78. The van der Waals surface area contributed by atoms with Crippen molar-refractivity contribution in [3.8, 4) is 0 Å². The van der Waals surface area contributed by atoms with Crippen LogP contribution < -0.4 is 5.32 Å². The number of aldehydes is 1. The van der Waals surface area contributed by atoms with E-state index in [1.54, 1.807) is 0 Å². The Hall–Kier alpha value is -0.635. The SMILES string of the molecule is [B]CC(=O)C(CC=O)CCNC. The maximum Gasteiger partial charge on any atom is 0.127 e. The van der Waals surface area contributed by atoms with Gasteiger partial charge in [-0.2, -0.15) is 0 Å². The number of hydrogen-bond donors (Lipinski definition) is 1. The number of hydrogen-bond acceptors (Lipinski definition) is 3. The maximum absolute atomic E-state index is 11.1. The Morgan fingerprint density at radius 1 is 1.67 bits per heavy atom. The number of carbonyl (C=O) groups is 2. The summed E-state index contributed by atoms with van der Waals surface area (Å²) in [6.07, 6.45) is 1.78. The van der Waals surface area contributed by atoms with Gasteiger partial charge >= 0.3 is 0 Å². The van der Waals surface area contributed by atoms with Gasteiger partial charge in [-0.25, -0.2) is 0 Å². The summed E-state index contributed by atoms with van der Waals surface area (Å²) >= 11 is 0. The molecule has 12 heavy (non-hydrogen) atoms. The van der Waals surface area contributed by atoms with Crippen molar-refractivity contribution in [2.45, 2.75) is 19.2 Å². The first kappa shape index (κ1) is 11.4. The van der Waals surface area contributed by atoms with Crippen molar-refractivity contribution >= 4 is 19.9 Å². The second-order valence-electron chi connectivity index (χ2n) is 2.66. The van der Waals surface area contributed by atoms with E-state index in [1.807, 2.05) is 7.05 Å². The molecule has 1 N–H and O–H groups in total. The van der Waals surface area contributed by atoms with Crippen LogP contribution in [0, 0.1) is 5.92 Å². The summed E-state index contributed by atoms with van der Waals surface area (Å²) in [4.78, 5) is 21.3. The molecule has 0 aromatic rings. The molecule has 0 aromatic heterocycles. The van der Waals surface area contributed by atoms with Crippen molar-refractivity contribution < 1.29 is 9.59 Å². The first-order valence-electron chi connectivity index (χ1n) is 4.07. The highest BCUT2D eigenvalue weighted by Crippen LogP contribution is 2.09. The third kappa shape index (κ3) is 4.29. The maximum atomic E-state index is 11.1. The number of Topliss-reactive ketones (excluding diaryl/α,β-unsaturated/α-hetero) is 1. The Labute approximate surface area is 74.3 Å². The standard InChI is InChI=1S/C8H14BNO2/c1-10-4-2-7(3-5-11)8(12)6-9/h5,7,10H,2-4,6H2,1H3. The summed E-state index contributed by atoms with van der Waals surface area (Å²) in [7, 11) is 7.00. The number of rotatable bonds is 7. The highest BCUT2D eigenvalue weighted by Gasteiger charge is 2.14. The zero-order valence-corrected chi connectivity index (χ0v) is 7.38. The Kier molecular flexibility index (Phi) is 6.67. The highest BCUT2D eigenvalue weighted by atomic mass is 16.1. The first-order valence-corrected chi connectivity index (χ1v) is 4.07. The number of nitrogens with one attached hydrogen (secondary N) is 1. The summed E-state index contributed by atoms with van der Waals surface area (Å²) in [5.74, 6) is -0.225. The first-order chi connectivity index (χ1) is 5.76. The van der Waals surface area contributed by atoms with Crippen LogP contribution in [0.4, 0.5) is 0 Å². The fourth-order valence-corrected chi connectivity index (χ4v) is 1.01. The highest BCUT2D eigenvalue weighted by molar-refractivity contribution is 6.20. The van der Waals surface area contributed by atoms with E-state index >= 15 is 0 Å². The van der Waals surface area contributed by atoms with E-state index < -0.39 is 0 Å². The molecule has 4 heteroatoms. The molecule has 66 valence electrons. The molecule has 0 aromatic carbocycles. The number of carbonyl (C=O) groups excluding carboxylic acids is 2. The summed E-state index contributed by atoms with van der Waals surface area (Å²) in [5, 5.41) is 2.93. The molecular formula is C8H14BNO2. The molecule has 0 aliphatic rings. The van der Waals surface area contributed by atoms with Crippen LogP contribution in [0.2, 0.25) is 6.32 Å². The molecular weight excluding hydrogens is 153 g/mol. The molecule has 0 rings (SSSR count). The molecule has 0 spiro atoms. The van der Waals surface area contributed by atoms with Gasteiger partial charge in [0.2, 0.25) is 0 Å². The molecule has 3 nitrogen and oxygen atoms in total. The third-order valence-electron chi connectivity index (χ3n) is 1.78. The van der Waals surface area contributed by atoms with Crippen LogP contribution in [0.5, 0.6) is 0 Å². The largest absolute Gasteiger partial charge is 0.320 e. The van der Waals surface area contributed by atoms with E-state index in [4.69, 9.17) is 7.85 Å². The fraction of sp³-hybridized carbons (Fsp3) is 0.750. The van der Waals surface area contributed by atoms with Crippen molar-refractivity contribution in [3.63, 3.8) is 0 Å². The van der Waals surface area contributed by atoms with Crippen LogP contribution >= 0.6 is 0 Å². The van der Waals surface area contributed by atoms with Crippen LogP contribution in [0.15, 0.2) is 0 Å². The molecule has 0 heterocycles. The minimum Gasteiger partial charge on any atom is -0.320 e. The zero-order valence-electron chi connectivity index (χ0n) is 7.38. The number of ketones is 1. The topological polar surface area (TPSA) is 46.2 Å². The minimum absolute atomic E-state index is 0.0300. The molecule has 0 bridgehead atoms. The second kappa shape index (κ2) is 7.04. The predicted molar refractivity (Wildman–Crippen MR) is 48.3 cm³/mol. The van der Waals surface area contributed by atoms with Gasteiger partial charge in [0, 0.05) is 12.3 Å². The Morgan fingerprint density at radius 3 is 2.75 bits per heavy atom. The van der Waals surface area contributed by atoms with Crippen molar-refractivity contribution in [2.24, 2.45) is 5.92 Å². The Morgan fingerprint density at radius 2 is 2.33 bits per heavy atom. The van der Waals surface area contributed by atoms with Crippen LogP contribution in [-0.4, -0.2) is 33.5 Å². The van der Waals surface area contributed by atoms with E-state index in [9.17, 15) is 9.59 Å². The lowest BCUT2D eigenvalue weighted by Crippen LogP contribution is -2.20. The molecule has 1 atom stereocenters. The Bertz CT molecular complexity index is 150. The molecule has 2 radical (unpaired) electrons. The fourth-order valence-electron chi connectivity index (χ4n) is 1.01. The molecule has 0 amide bonds. The van der Waals surface area contributed by atoms with Gasteiger partial charge < -0.3 is 14.9 Å². The van der Waals surface area contributed by atoms with Gasteiger partial charge in [-0.15, -0.1) is 0 Å². The van der Waals surface area contributed by atoms with Gasteiger partial charge in [0.1, 0.15) is 12.1 Å². The monoisotopic (exact) mass is 167 g/mol. The van der Waals surface area contributed by atoms with E-state index in [1.165, 1.54) is 0 Å². The van der Waals surface area contributed by atoms with Crippen LogP contribution in [-0.2, 0) is 9.59 Å². The lowest BCUT2D eigenvalue weighted by Gasteiger charge is -2.10. The van der Waals surface area contributed by atoms with Gasteiger partial charge in [0.25, 0.3) is 0 Å². The van der Waals surface area contributed by atoms with Crippen molar-refractivity contribution in [1.82, 2.24) is 5.32 Å². The quantitative estimate of drug-likeness (QED) is 0.427.